The molecule has 2 aromatic carbocycles. The number of benzene rings is 2. The van der Waals surface area contributed by atoms with E-state index in [1.807, 2.05) is 55.5 Å². The van der Waals surface area contributed by atoms with E-state index in [9.17, 15) is 14.4 Å². The summed E-state index contributed by atoms with van der Waals surface area (Å²) in [5, 5.41) is 7.21. The lowest BCUT2D eigenvalue weighted by atomic mass is 10.0. The summed E-state index contributed by atoms with van der Waals surface area (Å²) in [6.07, 6.45) is 5.41. The van der Waals surface area contributed by atoms with Crippen molar-refractivity contribution >= 4 is 29.1 Å². The van der Waals surface area contributed by atoms with Crippen LogP contribution in [0.15, 0.2) is 48.5 Å². The number of anilines is 2. The lowest BCUT2D eigenvalue weighted by molar-refractivity contribution is -0.190. The van der Waals surface area contributed by atoms with Crippen molar-refractivity contribution in [2.24, 2.45) is 0 Å². The first-order valence-electron chi connectivity index (χ1n) is 11.7. The maximum absolute atomic E-state index is 12.4. The normalized spacial score (nSPS) is 12.6. The van der Waals surface area contributed by atoms with E-state index in [1.165, 1.54) is 5.06 Å². The molecule has 7 heteroatoms. The largest absolute Gasteiger partial charge is 0.326 e. The van der Waals surface area contributed by atoms with Crippen LogP contribution in [0, 0.1) is 0 Å². The second kappa shape index (κ2) is 12.7. The molecule has 1 aliphatic heterocycles. The Balaban J connectivity index is 1.28. The zero-order valence-corrected chi connectivity index (χ0v) is 19.3. The van der Waals surface area contributed by atoms with Crippen molar-refractivity contribution in [2.75, 3.05) is 17.2 Å². The Hall–Kier alpha value is -3.19. The molecule has 3 amide bonds. The third-order valence-corrected chi connectivity index (χ3v) is 5.62. The molecule has 3 rings (SSSR count). The summed E-state index contributed by atoms with van der Waals surface area (Å²) in [6, 6.07) is 15.4. The average molecular weight is 452 g/mol. The van der Waals surface area contributed by atoms with Gasteiger partial charge in [0.1, 0.15) is 6.61 Å². The van der Waals surface area contributed by atoms with Gasteiger partial charge in [0.05, 0.1) is 0 Å². The SMILES string of the molecule is CCN(OCc1ccccc1)C(=O)CCCCCCC(=O)Nc1ccc2c(c1)CCC(=O)N2. The van der Waals surface area contributed by atoms with Gasteiger partial charge in [-0.3, -0.25) is 19.2 Å². The Morgan fingerprint density at radius 1 is 1.00 bits per heavy atom. The first-order valence-corrected chi connectivity index (χ1v) is 11.7. The number of fused-ring (bicyclic) bond motifs is 1. The van der Waals surface area contributed by atoms with Crippen LogP contribution in [-0.2, 0) is 32.2 Å². The number of hydrogen-bond donors (Lipinski definition) is 2. The van der Waals surface area contributed by atoms with E-state index in [1.54, 1.807) is 0 Å². The predicted molar refractivity (Wildman–Crippen MR) is 128 cm³/mol. The van der Waals surface area contributed by atoms with Crippen LogP contribution < -0.4 is 10.6 Å². The number of amides is 3. The van der Waals surface area contributed by atoms with Gasteiger partial charge in [0, 0.05) is 37.2 Å². The van der Waals surface area contributed by atoms with Crippen LogP contribution in [0.4, 0.5) is 11.4 Å². The van der Waals surface area contributed by atoms with Crippen LogP contribution in [0.25, 0.3) is 0 Å². The standard InChI is InChI=1S/C26H33N3O4/c1-2-29(33-19-20-10-6-5-7-11-20)26(32)13-9-4-3-8-12-24(30)27-22-15-16-23-21(18-22)14-17-25(31)28-23/h5-7,10-11,15-16,18H,2-4,8-9,12-14,17,19H2,1H3,(H,27,30)(H,28,31). The van der Waals surface area contributed by atoms with Crippen molar-refractivity contribution < 1.29 is 19.2 Å². The lowest BCUT2D eigenvalue weighted by Gasteiger charge is -2.20. The van der Waals surface area contributed by atoms with Gasteiger partial charge in [-0.2, -0.15) is 0 Å². The number of hydrogen-bond acceptors (Lipinski definition) is 4. The highest BCUT2D eigenvalue weighted by atomic mass is 16.7. The number of hydroxylamine groups is 2. The fourth-order valence-corrected chi connectivity index (χ4v) is 3.79. The van der Waals surface area contributed by atoms with Crippen molar-refractivity contribution in [3.05, 3.63) is 59.7 Å². The van der Waals surface area contributed by atoms with E-state index >= 15 is 0 Å². The highest BCUT2D eigenvalue weighted by Gasteiger charge is 2.15. The molecule has 0 aromatic heterocycles. The average Bonchev–Trinajstić information content (AvgIpc) is 2.82. The summed E-state index contributed by atoms with van der Waals surface area (Å²) >= 11 is 0. The Bertz CT molecular complexity index is 946. The van der Waals surface area contributed by atoms with Gasteiger partial charge >= 0.3 is 0 Å². The maximum atomic E-state index is 12.4. The summed E-state index contributed by atoms with van der Waals surface area (Å²) in [7, 11) is 0. The van der Waals surface area contributed by atoms with Crippen molar-refractivity contribution in [1.82, 2.24) is 5.06 Å². The molecule has 0 spiro atoms. The number of carbonyl (C=O) groups excluding carboxylic acids is 3. The topological polar surface area (TPSA) is 87.7 Å². The van der Waals surface area contributed by atoms with Crippen molar-refractivity contribution in [2.45, 2.75) is 64.9 Å². The molecule has 0 saturated carbocycles. The molecule has 0 unspecified atom stereocenters. The van der Waals surface area contributed by atoms with Gasteiger partial charge in [0.15, 0.2) is 0 Å². The fourth-order valence-electron chi connectivity index (χ4n) is 3.79. The molecule has 0 saturated heterocycles. The number of rotatable bonds is 12. The van der Waals surface area contributed by atoms with Gasteiger partial charge in [-0.25, -0.2) is 5.06 Å². The van der Waals surface area contributed by atoms with E-state index in [0.717, 1.165) is 48.2 Å². The van der Waals surface area contributed by atoms with Gasteiger partial charge in [-0.05, 0) is 55.5 Å². The zero-order chi connectivity index (χ0) is 23.5. The Labute approximate surface area is 195 Å². The first-order chi connectivity index (χ1) is 16.0. The predicted octanol–water partition coefficient (Wildman–Crippen LogP) is 4.83. The molecule has 7 nitrogen and oxygen atoms in total. The van der Waals surface area contributed by atoms with E-state index in [4.69, 9.17) is 4.84 Å². The molecular weight excluding hydrogens is 418 g/mol. The second-order valence-corrected chi connectivity index (χ2v) is 8.23. The first kappa shape index (κ1) is 24.5. The van der Waals surface area contributed by atoms with Crippen LogP contribution in [-0.4, -0.2) is 29.3 Å². The summed E-state index contributed by atoms with van der Waals surface area (Å²) in [5.41, 5.74) is 3.66. The Morgan fingerprint density at radius 2 is 1.76 bits per heavy atom. The Kier molecular flexibility index (Phi) is 9.44. The zero-order valence-electron chi connectivity index (χ0n) is 19.3. The van der Waals surface area contributed by atoms with Crippen LogP contribution in [0.3, 0.4) is 0 Å². The summed E-state index contributed by atoms with van der Waals surface area (Å²) < 4.78 is 0. The summed E-state index contributed by atoms with van der Waals surface area (Å²) in [4.78, 5) is 41.7. The van der Waals surface area contributed by atoms with Crippen molar-refractivity contribution in [3.63, 3.8) is 0 Å². The van der Waals surface area contributed by atoms with Gasteiger partial charge < -0.3 is 10.6 Å². The summed E-state index contributed by atoms with van der Waals surface area (Å²) in [6.45, 7) is 2.80. The molecule has 2 N–H and O–H groups in total. The van der Waals surface area contributed by atoms with Crippen LogP contribution in [0.1, 0.15) is 63.0 Å². The van der Waals surface area contributed by atoms with E-state index in [0.29, 0.717) is 38.8 Å². The van der Waals surface area contributed by atoms with Gasteiger partial charge in [0.2, 0.25) is 17.7 Å². The van der Waals surface area contributed by atoms with E-state index in [-0.39, 0.29) is 17.7 Å². The third kappa shape index (κ3) is 8.02. The molecule has 0 aliphatic carbocycles. The number of nitrogens with zero attached hydrogens (tertiary/aromatic N) is 1. The molecular formula is C26H33N3O4. The molecule has 0 bridgehead atoms. The smallest absolute Gasteiger partial charge is 0.246 e. The van der Waals surface area contributed by atoms with Gasteiger partial charge in [0.25, 0.3) is 0 Å². The van der Waals surface area contributed by atoms with Crippen molar-refractivity contribution in [3.8, 4) is 0 Å². The highest BCUT2D eigenvalue weighted by molar-refractivity contribution is 5.95. The highest BCUT2D eigenvalue weighted by Crippen LogP contribution is 2.25. The molecule has 0 radical (unpaired) electrons. The van der Waals surface area contributed by atoms with Crippen LogP contribution in [0.5, 0.6) is 0 Å². The maximum Gasteiger partial charge on any atom is 0.246 e. The minimum absolute atomic E-state index is 0.00484. The molecule has 1 heterocycles. The van der Waals surface area contributed by atoms with Gasteiger partial charge in [-0.15, -0.1) is 0 Å². The number of carbonyl (C=O) groups is 3. The molecule has 0 atom stereocenters. The minimum atomic E-state index is -0.0164. The number of aryl methyl sites for hydroxylation is 1. The number of unbranched alkanes of at least 4 members (excludes halogenated alkanes) is 3. The third-order valence-electron chi connectivity index (χ3n) is 5.62. The monoisotopic (exact) mass is 451 g/mol. The van der Waals surface area contributed by atoms with Gasteiger partial charge in [-0.1, -0.05) is 43.2 Å². The number of nitrogens with one attached hydrogen (secondary N) is 2. The molecule has 0 fully saturated rings. The van der Waals surface area contributed by atoms with E-state index < -0.39 is 0 Å². The minimum Gasteiger partial charge on any atom is -0.326 e. The van der Waals surface area contributed by atoms with Crippen molar-refractivity contribution in [1.29, 1.82) is 0 Å². The summed E-state index contributed by atoms with van der Waals surface area (Å²) in [5.74, 6) is 0.00946. The molecule has 33 heavy (non-hydrogen) atoms. The van der Waals surface area contributed by atoms with Crippen LogP contribution >= 0.6 is 0 Å². The second-order valence-electron chi connectivity index (χ2n) is 8.23. The fraction of sp³-hybridized carbons (Fsp3) is 0.423. The molecule has 1 aliphatic rings. The lowest BCUT2D eigenvalue weighted by Crippen LogP contribution is -2.30. The molecule has 176 valence electrons. The van der Waals surface area contributed by atoms with E-state index in [2.05, 4.69) is 10.6 Å². The Morgan fingerprint density at radius 3 is 2.52 bits per heavy atom. The quantitative estimate of drug-likeness (QED) is 0.357. The van der Waals surface area contributed by atoms with Crippen LogP contribution in [0.2, 0.25) is 0 Å². The molecule has 2 aromatic rings.